The van der Waals surface area contributed by atoms with Gasteiger partial charge in [-0.25, -0.2) is 4.98 Å². The van der Waals surface area contributed by atoms with Crippen LogP contribution in [-0.4, -0.2) is 14.8 Å². The Kier molecular flexibility index (Phi) is 1.72. The van der Waals surface area contributed by atoms with Gasteiger partial charge < -0.3 is 5.73 Å². The zero-order chi connectivity index (χ0) is 7.72. The van der Waals surface area contributed by atoms with Gasteiger partial charge in [-0.15, -0.1) is 0 Å². The summed E-state index contributed by atoms with van der Waals surface area (Å²) in [6, 6.07) is -0.0695. The van der Waals surface area contributed by atoms with Gasteiger partial charge in [0.15, 0.2) is 5.82 Å². The predicted octanol–water partition coefficient (Wildman–Crippen LogP) is 0.143. The van der Waals surface area contributed by atoms with Crippen molar-refractivity contribution in [3.8, 4) is 0 Å². The second-order valence-electron chi connectivity index (χ2n) is 2.43. The highest BCUT2D eigenvalue weighted by Crippen LogP contribution is 2.02. The number of hydrogen-bond acceptors (Lipinski definition) is 3. The van der Waals surface area contributed by atoms with Crippen molar-refractivity contribution in [3.05, 3.63) is 11.6 Å². The van der Waals surface area contributed by atoms with Gasteiger partial charge in [0.05, 0.1) is 6.04 Å². The molecule has 4 heteroatoms. The highest BCUT2D eigenvalue weighted by molar-refractivity contribution is 4.93. The Morgan fingerprint density at radius 1 is 1.60 bits per heavy atom. The Bertz CT molecular complexity index is 206. The molecule has 0 aliphatic heterocycles. The van der Waals surface area contributed by atoms with Gasteiger partial charge >= 0.3 is 0 Å². The molecule has 1 aromatic heterocycles. The third kappa shape index (κ3) is 1.16. The van der Waals surface area contributed by atoms with Gasteiger partial charge in [-0.1, -0.05) is 0 Å². The Morgan fingerprint density at radius 3 is 2.40 bits per heavy atom. The topological polar surface area (TPSA) is 56.7 Å². The molecule has 1 heterocycles. The summed E-state index contributed by atoms with van der Waals surface area (Å²) in [4.78, 5) is 4.14. The van der Waals surface area contributed by atoms with E-state index in [4.69, 9.17) is 5.73 Å². The van der Waals surface area contributed by atoms with Crippen LogP contribution in [0.3, 0.4) is 0 Å². The minimum Gasteiger partial charge on any atom is -0.321 e. The molecule has 0 aromatic carbocycles. The van der Waals surface area contributed by atoms with Gasteiger partial charge in [0.2, 0.25) is 0 Å². The van der Waals surface area contributed by atoms with Gasteiger partial charge in [0.25, 0.3) is 0 Å². The second kappa shape index (κ2) is 2.38. The first kappa shape index (κ1) is 7.21. The molecule has 0 saturated carbocycles. The maximum atomic E-state index is 5.56. The average molecular weight is 140 g/mol. The van der Waals surface area contributed by atoms with E-state index in [2.05, 4.69) is 10.1 Å². The van der Waals surface area contributed by atoms with E-state index in [-0.39, 0.29) is 6.04 Å². The summed E-state index contributed by atoms with van der Waals surface area (Å²) in [5.74, 6) is 1.60. The summed E-state index contributed by atoms with van der Waals surface area (Å²) in [6.07, 6.45) is 0. The van der Waals surface area contributed by atoms with Crippen molar-refractivity contribution in [1.29, 1.82) is 0 Å². The van der Waals surface area contributed by atoms with Crippen LogP contribution in [0.25, 0.3) is 0 Å². The van der Waals surface area contributed by atoms with Crippen LogP contribution >= 0.6 is 0 Å². The lowest BCUT2D eigenvalue weighted by Crippen LogP contribution is -2.07. The zero-order valence-electron chi connectivity index (χ0n) is 6.50. The van der Waals surface area contributed by atoms with E-state index in [1.807, 2.05) is 20.9 Å². The molecule has 0 fully saturated rings. The SMILES string of the molecule is Cc1nc([C@H](C)N)nn1C. The Labute approximate surface area is 60.1 Å². The van der Waals surface area contributed by atoms with E-state index in [9.17, 15) is 0 Å². The van der Waals surface area contributed by atoms with Crippen LogP contribution in [0, 0.1) is 6.92 Å². The van der Waals surface area contributed by atoms with Crippen molar-refractivity contribution in [2.24, 2.45) is 12.8 Å². The molecule has 0 amide bonds. The predicted molar refractivity (Wildman–Crippen MR) is 38.3 cm³/mol. The molecule has 0 bridgehead atoms. The fourth-order valence-corrected chi connectivity index (χ4v) is 0.679. The fraction of sp³-hybridized carbons (Fsp3) is 0.667. The van der Waals surface area contributed by atoms with E-state index in [1.165, 1.54) is 0 Å². The molecule has 1 aromatic rings. The molecule has 1 atom stereocenters. The maximum Gasteiger partial charge on any atom is 0.167 e. The largest absolute Gasteiger partial charge is 0.321 e. The summed E-state index contributed by atoms with van der Waals surface area (Å²) < 4.78 is 1.72. The average Bonchev–Trinajstić information content (AvgIpc) is 2.13. The Morgan fingerprint density at radius 2 is 2.20 bits per heavy atom. The minimum absolute atomic E-state index is 0.0695. The molecular formula is C6H12N4. The maximum absolute atomic E-state index is 5.56. The quantitative estimate of drug-likeness (QED) is 0.603. The van der Waals surface area contributed by atoms with Crippen LogP contribution in [0.5, 0.6) is 0 Å². The summed E-state index contributed by atoms with van der Waals surface area (Å²) in [5, 5.41) is 4.09. The summed E-state index contributed by atoms with van der Waals surface area (Å²) in [5.41, 5.74) is 5.56. The molecular weight excluding hydrogens is 128 g/mol. The van der Waals surface area contributed by atoms with E-state index >= 15 is 0 Å². The summed E-state index contributed by atoms with van der Waals surface area (Å²) in [7, 11) is 1.86. The Hall–Kier alpha value is -0.900. The van der Waals surface area contributed by atoms with Crippen LogP contribution < -0.4 is 5.73 Å². The van der Waals surface area contributed by atoms with Gasteiger partial charge in [0, 0.05) is 7.05 Å². The first-order valence-electron chi connectivity index (χ1n) is 3.24. The first-order valence-corrected chi connectivity index (χ1v) is 3.24. The monoisotopic (exact) mass is 140 g/mol. The van der Waals surface area contributed by atoms with Crippen LogP contribution in [0.1, 0.15) is 24.6 Å². The van der Waals surface area contributed by atoms with E-state index in [0.717, 1.165) is 5.82 Å². The zero-order valence-corrected chi connectivity index (χ0v) is 6.50. The van der Waals surface area contributed by atoms with Crippen molar-refractivity contribution in [2.75, 3.05) is 0 Å². The van der Waals surface area contributed by atoms with Crippen molar-refractivity contribution in [3.63, 3.8) is 0 Å². The minimum atomic E-state index is -0.0695. The Balaban J connectivity index is 2.98. The highest BCUT2D eigenvalue weighted by Gasteiger charge is 2.05. The van der Waals surface area contributed by atoms with E-state index in [0.29, 0.717) is 5.82 Å². The third-order valence-electron chi connectivity index (χ3n) is 1.40. The number of nitrogens with zero attached hydrogens (tertiary/aromatic N) is 3. The lowest BCUT2D eigenvalue weighted by Gasteiger charge is -1.94. The van der Waals surface area contributed by atoms with Gasteiger partial charge in [-0.3, -0.25) is 4.68 Å². The molecule has 0 aliphatic rings. The number of aromatic nitrogens is 3. The van der Waals surface area contributed by atoms with Crippen molar-refractivity contribution in [1.82, 2.24) is 14.8 Å². The van der Waals surface area contributed by atoms with Crippen LogP contribution in [0.2, 0.25) is 0 Å². The highest BCUT2D eigenvalue weighted by atomic mass is 15.3. The fourth-order valence-electron chi connectivity index (χ4n) is 0.679. The van der Waals surface area contributed by atoms with E-state index < -0.39 is 0 Å². The molecule has 10 heavy (non-hydrogen) atoms. The molecule has 0 radical (unpaired) electrons. The molecule has 56 valence electrons. The van der Waals surface area contributed by atoms with Crippen molar-refractivity contribution in [2.45, 2.75) is 19.9 Å². The molecule has 2 N–H and O–H groups in total. The molecule has 0 aliphatic carbocycles. The third-order valence-corrected chi connectivity index (χ3v) is 1.40. The molecule has 1 rings (SSSR count). The molecule has 0 saturated heterocycles. The van der Waals surface area contributed by atoms with Crippen molar-refractivity contribution < 1.29 is 0 Å². The van der Waals surface area contributed by atoms with Gasteiger partial charge in [-0.05, 0) is 13.8 Å². The number of rotatable bonds is 1. The smallest absolute Gasteiger partial charge is 0.167 e. The standard InChI is InChI=1S/C6H12N4/c1-4(7)6-8-5(2)10(3)9-6/h4H,7H2,1-3H3/t4-/m0/s1. The normalized spacial score (nSPS) is 13.6. The van der Waals surface area contributed by atoms with Crippen LogP contribution in [-0.2, 0) is 7.05 Å². The van der Waals surface area contributed by atoms with Gasteiger partial charge in [0.1, 0.15) is 5.82 Å². The van der Waals surface area contributed by atoms with E-state index in [1.54, 1.807) is 4.68 Å². The molecule has 0 spiro atoms. The lowest BCUT2D eigenvalue weighted by atomic mass is 10.3. The number of hydrogen-bond donors (Lipinski definition) is 1. The number of aryl methyl sites for hydroxylation is 2. The van der Waals surface area contributed by atoms with Crippen LogP contribution in [0.15, 0.2) is 0 Å². The van der Waals surface area contributed by atoms with Crippen molar-refractivity contribution >= 4 is 0 Å². The van der Waals surface area contributed by atoms with Gasteiger partial charge in [-0.2, -0.15) is 5.10 Å². The number of nitrogens with two attached hydrogens (primary N) is 1. The second-order valence-corrected chi connectivity index (χ2v) is 2.43. The lowest BCUT2D eigenvalue weighted by molar-refractivity contribution is 0.685. The molecule has 4 nitrogen and oxygen atoms in total. The summed E-state index contributed by atoms with van der Waals surface area (Å²) in [6.45, 7) is 3.77. The van der Waals surface area contributed by atoms with Crippen LogP contribution in [0.4, 0.5) is 0 Å². The summed E-state index contributed by atoms with van der Waals surface area (Å²) >= 11 is 0. The molecule has 0 unspecified atom stereocenters. The first-order chi connectivity index (χ1) is 4.61.